The molecular formula is C46H80N10O14. The molecule has 0 rings (SSSR count). The fourth-order valence-electron chi connectivity index (χ4n) is 7.29. The van der Waals surface area contributed by atoms with Crippen LogP contribution in [0.25, 0.3) is 0 Å². The number of rotatable bonds is 38. The number of carboxylic acids is 1. The van der Waals surface area contributed by atoms with Crippen molar-refractivity contribution < 1.29 is 68.1 Å². The van der Waals surface area contributed by atoms with Crippen molar-refractivity contribution in [2.45, 2.75) is 168 Å². The van der Waals surface area contributed by atoms with E-state index < -0.39 is 175 Å². The summed E-state index contributed by atoms with van der Waals surface area (Å²) < 4.78 is 0. The Morgan fingerprint density at radius 2 is 1.06 bits per heavy atom. The fourth-order valence-corrected chi connectivity index (χ4v) is 7.29. The molecule has 0 aliphatic carbocycles. The number of aliphatic hydroxyl groups excluding tert-OH is 2. The van der Waals surface area contributed by atoms with E-state index in [4.69, 9.17) is 28.7 Å². The van der Waals surface area contributed by atoms with Crippen molar-refractivity contribution in [3.05, 3.63) is 0 Å². The maximum absolute atomic E-state index is 14.3. The Bertz CT molecular complexity index is 1840. The number of hydrogen-bond donors (Lipinski definition) is 12. The summed E-state index contributed by atoms with van der Waals surface area (Å²) in [5.41, 5.74) is 27.2. The van der Waals surface area contributed by atoms with Gasteiger partial charge in [0, 0.05) is 62.3 Å². The molecule has 0 aromatic carbocycles. The normalized spacial score (nSPS) is 15.6. The van der Waals surface area contributed by atoms with Crippen LogP contribution >= 0.6 is 0 Å². The highest BCUT2D eigenvalue weighted by atomic mass is 16.4. The first kappa shape index (κ1) is 64.1. The second-order valence-corrected chi connectivity index (χ2v) is 18.8. The predicted molar refractivity (Wildman–Crippen MR) is 256 cm³/mol. The summed E-state index contributed by atoms with van der Waals surface area (Å²) in [6.07, 6.45) is -5.63. The van der Waals surface area contributed by atoms with Gasteiger partial charge in [-0.1, -0.05) is 41.0 Å². The monoisotopic (exact) mass is 997 g/mol. The lowest BCUT2D eigenvalue weighted by molar-refractivity contribution is -0.140. The van der Waals surface area contributed by atoms with Crippen LogP contribution in [-0.4, -0.2) is 135 Å². The van der Waals surface area contributed by atoms with E-state index in [1.165, 1.54) is 13.8 Å². The van der Waals surface area contributed by atoms with Crippen molar-refractivity contribution in [3.8, 4) is 0 Å². The summed E-state index contributed by atoms with van der Waals surface area (Å²) in [4.78, 5) is 148. The predicted octanol–water partition coefficient (Wildman–Crippen LogP) is -1.88. The molecule has 10 atom stereocenters. The Hall–Kier alpha value is -5.88. The molecule has 0 aliphatic rings. The molecule has 0 fully saturated rings. The zero-order chi connectivity index (χ0) is 54.0. The number of Topliss-reactive ketones (excluding diaryl/α,β-unsaturated/α-hetero) is 4. The summed E-state index contributed by atoms with van der Waals surface area (Å²) in [6, 6.07) is -5.67. The average Bonchev–Trinajstić information content (AvgIpc) is 3.24. The van der Waals surface area contributed by atoms with Gasteiger partial charge in [0.1, 0.15) is 6.04 Å². The van der Waals surface area contributed by atoms with E-state index >= 15 is 0 Å². The number of ketones is 4. The molecule has 0 saturated carbocycles. The smallest absolute Gasteiger partial charge is 0.303 e. The van der Waals surface area contributed by atoms with Crippen LogP contribution in [0.2, 0.25) is 0 Å². The lowest BCUT2D eigenvalue weighted by Gasteiger charge is -2.27. The average molecular weight is 997 g/mol. The molecule has 0 heterocycles. The molecule has 0 bridgehead atoms. The first-order valence-electron chi connectivity index (χ1n) is 23.8. The number of amides is 6. The third kappa shape index (κ3) is 25.6. The van der Waals surface area contributed by atoms with Gasteiger partial charge in [-0.25, -0.2) is 0 Å². The van der Waals surface area contributed by atoms with Crippen LogP contribution in [0.1, 0.15) is 132 Å². The highest BCUT2D eigenvalue weighted by molar-refractivity contribution is 5.99. The van der Waals surface area contributed by atoms with Crippen LogP contribution in [-0.2, 0) is 52.7 Å². The lowest BCUT2D eigenvalue weighted by atomic mass is 9.87. The topological polar surface area (TPSA) is 439 Å². The highest BCUT2D eigenvalue weighted by Gasteiger charge is 2.37. The molecule has 0 spiro atoms. The first-order valence-corrected chi connectivity index (χ1v) is 23.8. The number of primary amides is 2. The molecule has 0 aliphatic heterocycles. The summed E-state index contributed by atoms with van der Waals surface area (Å²) in [6.45, 7) is 11.0. The van der Waals surface area contributed by atoms with E-state index in [9.17, 15) is 68.1 Å². The maximum atomic E-state index is 14.3. The van der Waals surface area contributed by atoms with Gasteiger partial charge < -0.3 is 65.3 Å². The molecule has 398 valence electrons. The number of nitrogens with two attached hydrogens (primary N) is 5. The number of carbonyl (C=O) groups excluding carboxylic acids is 10. The van der Waals surface area contributed by atoms with Crippen LogP contribution in [0.5, 0.6) is 0 Å². The number of carbonyl (C=O) groups is 11. The van der Waals surface area contributed by atoms with Gasteiger partial charge >= 0.3 is 5.97 Å². The molecule has 0 aromatic rings. The van der Waals surface area contributed by atoms with Crippen LogP contribution in [0.3, 0.4) is 0 Å². The van der Waals surface area contributed by atoms with Gasteiger partial charge in [0.05, 0.1) is 42.7 Å². The van der Waals surface area contributed by atoms with Crippen LogP contribution in [0, 0.1) is 35.5 Å². The molecule has 24 nitrogen and oxygen atoms in total. The molecular weight excluding hydrogens is 917 g/mol. The minimum absolute atomic E-state index is 0.0172. The molecule has 0 unspecified atom stereocenters. The van der Waals surface area contributed by atoms with Crippen LogP contribution in [0.15, 0.2) is 4.99 Å². The van der Waals surface area contributed by atoms with Crippen molar-refractivity contribution in [1.29, 1.82) is 0 Å². The zero-order valence-electron chi connectivity index (χ0n) is 41.7. The SMILES string of the molecule is CC(C)C[C@H](NC(=O)[C@H](CCCCN)CC(=O)[C@@H](NC(=O)C(C)C)[C@@H](C)O)C(=O)C[C@@H](CCCN=C(N)N)C(=O)N[C@@H](CCC(=O)O)C(=O)C[C@H](C(=O)N[C@@H](CC(N)=O)C(=O)C[C@@H](C)C(N)=O)[C@@H](C)O. The van der Waals surface area contributed by atoms with Gasteiger partial charge in [-0.2, -0.15) is 0 Å². The summed E-state index contributed by atoms with van der Waals surface area (Å²) >= 11 is 0. The van der Waals surface area contributed by atoms with Gasteiger partial charge in [-0.05, 0) is 64.8 Å². The number of hydrogen-bond acceptors (Lipinski definition) is 15. The highest BCUT2D eigenvalue weighted by Crippen LogP contribution is 2.22. The lowest BCUT2D eigenvalue weighted by Crippen LogP contribution is -2.51. The van der Waals surface area contributed by atoms with E-state index in [-0.39, 0.29) is 44.1 Å². The first-order chi connectivity index (χ1) is 32.5. The molecule has 0 radical (unpaired) electrons. The van der Waals surface area contributed by atoms with Crippen molar-refractivity contribution in [2.24, 2.45) is 69.2 Å². The summed E-state index contributed by atoms with van der Waals surface area (Å²) in [5.74, 6) is -15.0. The molecule has 70 heavy (non-hydrogen) atoms. The van der Waals surface area contributed by atoms with E-state index in [2.05, 4.69) is 26.3 Å². The summed E-state index contributed by atoms with van der Waals surface area (Å²) in [5, 5.41) is 40.7. The second kappa shape index (κ2) is 32.8. The minimum atomic E-state index is -1.61. The second-order valence-electron chi connectivity index (χ2n) is 18.8. The third-order valence-corrected chi connectivity index (χ3v) is 11.5. The number of carboxylic acid groups (broad SMARTS) is 1. The van der Waals surface area contributed by atoms with Gasteiger partial charge in [-0.3, -0.25) is 57.7 Å². The van der Waals surface area contributed by atoms with E-state index in [0.717, 1.165) is 6.92 Å². The van der Waals surface area contributed by atoms with Crippen LogP contribution in [0.4, 0.5) is 0 Å². The molecule has 17 N–H and O–H groups in total. The van der Waals surface area contributed by atoms with Gasteiger partial charge in [0.25, 0.3) is 0 Å². The number of guanidine groups is 1. The fraction of sp³-hybridized carbons (Fsp3) is 0.739. The Morgan fingerprint density at radius 1 is 0.543 bits per heavy atom. The minimum Gasteiger partial charge on any atom is -0.481 e. The van der Waals surface area contributed by atoms with Gasteiger partial charge in [-0.15, -0.1) is 0 Å². The molecule has 0 aromatic heterocycles. The third-order valence-electron chi connectivity index (χ3n) is 11.5. The van der Waals surface area contributed by atoms with E-state index in [1.54, 1.807) is 27.7 Å². The van der Waals surface area contributed by atoms with Gasteiger partial charge in [0.2, 0.25) is 35.4 Å². The van der Waals surface area contributed by atoms with Crippen molar-refractivity contribution >= 4 is 70.5 Å². The molecule has 24 heteroatoms. The number of nitrogens with zero attached hydrogens (tertiary/aromatic N) is 1. The summed E-state index contributed by atoms with van der Waals surface area (Å²) in [7, 11) is 0. The molecule has 6 amide bonds. The quantitative estimate of drug-likeness (QED) is 0.0183. The Kier molecular flexibility index (Phi) is 30.1. The van der Waals surface area contributed by atoms with Crippen LogP contribution < -0.4 is 49.9 Å². The van der Waals surface area contributed by atoms with Crippen molar-refractivity contribution in [3.63, 3.8) is 0 Å². The van der Waals surface area contributed by atoms with Gasteiger partial charge in [0.15, 0.2) is 29.1 Å². The Balaban J connectivity index is 6.84. The standard InChI is InChI=1S/C46H80N10O14/c1-23(2)17-32(54-44(69)28(11-8-9-15-47)20-37(62)40(27(7)58)56-42(67)24(3)4)35(60)19-29(12-10-16-52-46(50)51)43(68)53-31(13-14-39(64)65)36(61)21-30(26(6)57)45(70)55-33(22-38(48)63)34(59)18-25(5)41(49)66/h23-33,40,57-58H,8-22,47H2,1-7H3,(H2,48,63)(H2,49,66)(H,53,68)(H,54,69)(H,55,70)(H,56,67)(H,64,65)(H4,50,51,52)/t25-,26-,27-,28-,29-,30+,31+,32+,33+,40+/m1/s1. The zero-order valence-corrected chi connectivity index (χ0v) is 41.7. The Labute approximate surface area is 409 Å². The van der Waals surface area contributed by atoms with E-state index in [0.29, 0.717) is 19.4 Å². The Morgan fingerprint density at radius 3 is 1.53 bits per heavy atom. The molecule has 0 saturated heterocycles. The number of aliphatic imine (C=N–C) groups is 1. The number of aliphatic carboxylic acids is 1. The van der Waals surface area contributed by atoms with Crippen molar-refractivity contribution in [2.75, 3.05) is 13.1 Å². The maximum Gasteiger partial charge on any atom is 0.303 e. The van der Waals surface area contributed by atoms with E-state index in [1.807, 2.05) is 0 Å². The number of aliphatic hydroxyl groups is 2. The number of unbranched alkanes of at least 4 members (excludes halogenated alkanes) is 1. The number of nitrogens with one attached hydrogen (secondary N) is 4. The largest absolute Gasteiger partial charge is 0.481 e. The van der Waals surface area contributed by atoms with Crippen molar-refractivity contribution in [1.82, 2.24) is 21.3 Å².